The Hall–Kier alpha value is -1.52. The fourth-order valence-corrected chi connectivity index (χ4v) is 1.51. The maximum absolute atomic E-state index is 5.55. The van der Waals surface area contributed by atoms with E-state index < -0.39 is 0 Å². The molecule has 2 aromatic rings. The van der Waals surface area contributed by atoms with Gasteiger partial charge in [-0.2, -0.15) is 0 Å². The van der Waals surface area contributed by atoms with Gasteiger partial charge in [-0.15, -0.1) is 0 Å². The van der Waals surface area contributed by atoms with E-state index in [0.29, 0.717) is 19.8 Å². The van der Waals surface area contributed by atoms with Gasteiger partial charge in [0.05, 0.1) is 6.26 Å². The summed E-state index contributed by atoms with van der Waals surface area (Å²) in [6.07, 6.45) is 1.63. The third-order valence-corrected chi connectivity index (χ3v) is 2.36. The molecule has 0 bridgehead atoms. The average Bonchev–Trinajstić information content (AvgIpc) is 2.88. The standard InChI is InChI=1S/C12H15NO3/c1-9-10(6-13)5-12(16-9)8-14-7-11-3-2-4-15-11/h2-5H,6-8,13H2,1H3. The topological polar surface area (TPSA) is 61.5 Å². The van der Waals surface area contributed by atoms with E-state index in [0.717, 1.165) is 22.8 Å². The van der Waals surface area contributed by atoms with Crippen molar-refractivity contribution in [2.24, 2.45) is 5.73 Å². The molecule has 2 aromatic heterocycles. The van der Waals surface area contributed by atoms with Gasteiger partial charge in [0.1, 0.15) is 30.5 Å². The van der Waals surface area contributed by atoms with Crippen LogP contribution in [-0.4, -0.2) is 0 Å². The molecule has 0 saturated carbocycles. The minimum atomic E-state index is 0.432. The number of rotatable bonds is 5. The lowest BCUT2D eigenvalue weighted by molar-refractivity contribution is 0.0798. The molecule has 16 heavy (non-hydrogen) atoms. The van der Waals surface area contributed by atoms with Crippen molar-refractivity contribution in [3.05, 3.63) is 47.3 Å². The minimum Gasteiger partial charge on any atom is -0.467 e. The average molecular weight is 221 g/mol. The van der Waals surface area contributed by atoms with Gasteiger partial charge in [-0.3, -0.25) is 0 Å². The Labute approximate surface area is 94.0 Å². The van der Waals surface area contributed by atoms with Gasteiger partial charge in [-0.1, -0.05) is 0 Å². The normalized spacial score (nSPS) is 10.9. The number of nitrogens with two attached hydrogens (primary N) is 1. The summed E-state index contributed by atoms with van der Waals surface area (Å²) in [4.78, 5) is 0. The van der Waals surface area contributed by atoms with Crippen molar-refractivity contribution in [3.63, 3.8) is 0 Å². The smallest absolute Gasteiger partial charge is 0.130 e. The van der Waals surface area contributed by atoms with Crippen molar-refractivity contribution in [1.29, 1.82) is 0 Å². The molecule has 0 fully saturated rings. The Kier molecular flexibility index (Phi) is 3.44. The van der Waals surface area contributed by atoms with Crippen molar-refractivity contribution < 1.29 is 13.6 Å². The predicted octanol–water partition coefficient (Wildman–Crippen LogP) is 2.36. The molecule has 4 nitrogen and oxygen atoms in total. The summed E-state index contributed by atoms with van der Waals surface area (Å²) in [5.41, 5.74) is 6.58. The van der Waals surface area contributed by atoms with Gasteiger partial charge >= 0.3 is 0 Å². The van der Waals surface area contributed by atoms with Crippen LogP contribution in [0.2, 0.25) is 0 Å². The highest BCUT2D eigenvalue weighted by Gasteiger charge is 2.06. The van der Waals surface area contributed by atoms with Crippen LogP contribution in [0.5, 0.6) is 0 Å². The first-order chi connectivity index (χ1) is 7.79. The maximum atomic E-state index is 5.55. The van der Waals surface area contributed by atoms with Crippen molar-refractivity contribution in [2.75, 3.05) is 0 Å². The van der Waals surface area contributed by atoms with Gasteiger partial charge in [0.15, 0.2) is 0 Å². The Morgan fingerprint density at radius 2 is 2.12 bits per heavy atom. The van der Waals surface area contributed by atoms with Crippen LogP contribution in [-0.2, 0) is 24.5 Å². The van der Waals surface area contributed by atoms with Crippen molar-refractivity contribution >= 4 is 0 Å². The zero-order valence-corrected chi connectivity index (χ0v) is 9.23. The maximum Gasteiger partial charge on any atom is 0.130 e. The summed E-state index contributed by atoms with van der Waals surface area (Å²) in [6.45, 7) is 3.28. The number of ether oxygens (including phenoxy) is 1. The monoisotopic (exact) mass is 221 g/mol. The molecule has 0 spiro atoms. The van der Waals surface area contributed by atoms with E-state index in [1.165, 1.54) is 0 Å². The largest absolute Gasteiger partial charge is 0.467 e. The van der Waals surface area contributed by atoms with Crippen LogP contribution in [0.3, 0.4) is 0 Å². The third-order valence-electron chi connectivity index (χ3n) is 2.36. The summed E-state index contributed by atoms with van der Waals surface area (Å²) in [6, 6.07) is 5.64. The Balaban J connectivity index is 1.85. The van der Waals surface area contributed by atoms with Crippen molar-refractivity contribution in [2.45, 2.75) is 26.7 Å². The highest BCUT2D eigenvalue weighted by atomic mass is 16.5. The van der Waals surface area contributed by atoms with Crippen molar-refractivity contribution in [3.8, 4) is 0 Å². The lowest BCUT2D eigenvalue weighted by atomic mass is 10.2. The van der Waals surface area contributed by atoms with Crippen LogP contribution in [0.15, 0.2) is 33.3 Å². The van der Waals surface area contributed by atoms with Gasteiger partial charge in [0, 0.05) is 12.1 Å². The first kappa shape index (κ1) is 11.0. The zero-order valence-electron chi connectivity index (χ0n) is 9.23. The summed E-state index contributed by atoms with van der Waals surface area (Å²) >= 11 is 0. The summed E-state index contributed by atoms with van der Waals surface area (Å²) in [5.74, 6) is 2.46. The fraction of sp³-hybridized carbons (Fsp3) is 0.333. The molecule has 2 N–H and O–H groups in total. The number of furan rings is 2. The van der Waals surface area contributed by atoms with Gasteiger partial charge in [-0.25, -0.2) is 0 Å². The number of hydrogen-bond acceptors (Lipinski definition) is 4. The zero-order chi connectivity index (χ0) is 11.4. The third kappa shape index (κ3) is 2.53. The molecule has 2 rings (SSSR count). The van der Waals surface area contributed by atoms with Gasteiger partial charge in [0.25, 0.3) is 0 Å². The van der Waals surface area contributed by atoms with E-state index in [9.17, 15) is 0 Å². The molecule has 0 aliphatic rings. The second-order valence-electron chi connectivity index (χ2n) is 3.57. The predicted molar refractivity (Wildman–Crippen MR) is 58.5 cm³/mol. The van der Waals surface area contributed by atoms with Crippen LogP contribution in [0.25, 0.3) is 0 Å². The first-order valence-corrected chi connectivity index (χ1v) is 5.18. The van der Waals surface area contributed by atoms with Crippen LogP contribution >= 0.6 is 0 Å². The summed E-state index contributed by atoms with van der Waals surface area (Å²) in [5, 5.41) is 0. The lowest BCUT2D eigenvalue weighted by Crippen LogP contribution is -1.95. The van der Waals surface area contributed by atoms with Gasteiger partial charge in [-0.05, 0) is 25.1 Å². The van der Waals surface area contributed by atoms with Crippen molar-refractivity contribution in [1.82, 2.24) is 0 Å². The molecular formula is C12H15NO3. The SMILES string of the molecule is Cc1oc(COCc2ccco2)cc1CN. The van der Waals surface area contributed by atoms with E-state index in [-0.39, 0.29) is 0 Å². The highest BCUT2D eigenvalue weighted by molar-refractivity contribution is 5.19. The molecule has 2 heterocycles. The van der Waals surface area contributed by atoms with Gasteiger partial charge in [0.2, 0.25) is 0 Å². The molecule has 0 radical (unpaired) electrons. The first-order valence-electron chi connectivity index (χ1n) is 5.18. The fourth-order valence-electron chi connectivity index (χ4n) is 1.51. The highest BCUT2D eigenvalue weighted by Crippen LogP contribution is 2.15. The number of aryl methyl sites for hydroxylation is 1. The minimum absolute atomic E-state index is 0.432. The quantitative estimate of drug-likeness (QED) is 0.841. The molecule has 0 aliphatic heterocycles. The number of hydrogen-bond donors (Lipinski definition) is 1. The van der Waals surface area contributed by atoms with E-state index in [4.69, 9.17) is 19.3 Å². The van der Waals surface area contributed by atoms with E-state index in [1.807, 2.05) is 25.1 Å². The van der Waals surface area contributed by atoms with E-state index >= 15 is 0 Å². The molecule has 0 amide bonds. The van der Waals surface area contributed by atoms with Gasteiger partial charge < -0.3 is 19.3 Å². The molecule has 0 atom stereocenters. The second kappa shape index (κ2) is 5.01. The molecular weight excluding hydrogens is 206 g/mol. The van der Waals surface area contributed by atoms with E-state index in [1.54, 1.807) is 6.26 Å². The molecule has 86 valence electrons. The Bertz CT molecular complexity index is 431. The van der Waals surface area contributed by atoms with Crippen LogP contribution in [0.4, 0.5) is 0 Å². The van der Waals surface area contributed by atoms with Crippen LogP contribution in [0, 0.1) is 6.92 Å². The molecule has 0 aromatic carbocycles. The Morgan fingerprint density at radius 3 is 2.75 bits per heavy atom. The summed E-state index contributed by atoms with van der Waals surface area (Å²) in [7, 11) is 0. The molecule has 0 aliphatic carbocycles. The second-order valence-corrected chi connectivity index (χ2v) is 3.57. The lowest BCUT2D eigenvalue weighted by Gasteiger charge is -1.98. The molecule has 4 heteroatoms. The molecule has 0 unspecified atom stereocenters. The van der Waals surface area contributed by atoms with E-state index in [2.05, 4.69) is 0 Å². The van der Waals surface area contributed by atoms with Crippen LogP contribution in [0.1, 0.15) is 22.8 Å². The van der Waals surface area contributed by atoms with Crippen LogP contribution < -0.4 is 5.73 Å². The molecule has 0 saturated heterocycles. The summed E-state index contributed by atoms with van der Waals surface area (Å²) < 4.78 is 16.1. The Morgan fingerprint density at radius 1 is 1.31 bits per heavy atom.